The van der Waals surface area contributed by atoms with Crippen LogP contribution in [-0.4, -0.2) is 33.0 Å². The van der Waals surface area contributed by atoms with Crippen LogP contribution >= 0.6 is 0 Å². The van der Waals surface area contributed by atoms with Gasteiger partial charge in [0, 0.05) is 18.8 Å². The van der Waals surface area contributed by atoms with Crippen LogP contribution in [0.15, 0.2) is 0 Å². The van der Waals surface area contributed by atoms with Gasteiger partial charge in [-0.3, -0.25) is 0 Å². The molecule has 0 aromatic heterocycles. The van der Waals surface area contributed by atoms with E-state index in [0.29, 0.717) is 23.9 Å². The molecule has 1 saturated carbocycles. The van der Waals surface area contributed by atoms with Crippen LogP contribution in [0.25, 0.3) is 0 Å². The Kier molecular flexibility index (Phi) is 4.41. The first-order valence-corrected chi connectivity index (χ1v) is 8.17. The normalized spacial score (nSPS) is 30.2. The average molecular weight is 247 g/mol. The molecule has 0 amide bonds. The van der Waals surface area contributed by atoms with E-state index in [9.17, 15) is 8.42 Å². The highest BCUT2D eigenvalue weighted by Crippen LogP contribution is 2.38. The van der Waals surface area contributed by atoms with Crippen LogP contribution in [0, 0.1) is 11.3 Å². The summed E-state index contributed by atoms with van der Waals surface area (Å²) in [6, 6.07) is 0.495. The Balaban J connectivity index is 2.34. The molecule has 16 heavy (non-hydrogen) atoms. The fourth-order valence-corrected chi connectivity index (χ4v) is 3.17. The van der Waals surface area contributed by atoms with Gasteiger partial charge in [0.25, 0.3) is 0 Å². The summed E-state index contributed by atoms with van der Waals surface area (Å²) in [5.74, 6) is 0.892. The molecule has 2 unspecified atom stereocenters. The van der Waals surface area contributed by atoms with E-state index in [1.807, 2.05) is 0 Å². The van der Waals surface area contributed by atoms with Gasteiger partial charge in [0.1, 0.15) is 9.84 Å². The molecule has 0 bridgehead atoms. The van der Waals surface area contributed by atoms with Crippen molar-refractivity contribution in [1.29, 1.82) is 0 Å². The molecule has 1 aliphatic carbocycles. The van der Waals surface area contributed by atoms with Gasteiger partial charge >= 0.3 is 0 Å². The second kappa shape index (κ2) is 5.05. The Labute approximate surface area is 99.9 Å². The Morgan fingerprint density at radius 2 is 2.00 bits per heavy atom. The van der Waals surface area contributed by atoms with Gasteiger partial charge < -0.3 is 5.32 Å². The fraction of sp³-hybridized carbons (Fsp3) is 1.00. The SMILES string of the molecule is CC1CC(C)(C)CCC1NCCS(C)(=O)=O. The molecule has 1 aliphatic rings. The maximum Gasteiger partial charge on any atom is 0.148 e. The van der Waals surface area contributed by atoms with Gasteiger partial charge in [-0.2, -0.15) is 0 Å². The molecular weight excluding hydrogens is 222 g/mol. The van der Waals surface area contributed by atoms with Crippen molar-refractivity contribution in [3.63, 3.8) is 0 Å². The first-order valence-electron chi connectivity index (χ1n) is 6.11. The number of hydrogen-bond donors (Lipinski definition) is 1. The minimum absolute atomic E-state index is 0.250. The van der Waals surface area contributed by atoms with Gasteiger partial charge in [-0.1, -0.05) is 20.8 Å². The summed E-state index contributed by atoms with van der Waals surface area (Å²) in [4.78, 5) is 0. The van der Waals surface area contributed by atoms with Crippen molar-refractivity contribution in [2.75, 3.05) is 18.6 Å². The Hall–Kier alpha value is -0.0900. The second-order valence-electron chi connectivity index (χ2n) is 6.07. The molecule has 0 radical (unpaired) electrons. The third-order valence-electron chi connectivity index (χ3n) is 3.57. The van der Waals surface area contributed by atoms with Crippen LogP contribution in [-0.2, 0) is 9.84 Å². The summed E-state index contributed by atoms with van der Waals surface area (Å²) in [5, 5.41) is 3.39. The molecule has 1 rings (SSSR count). The number of nitrogens with one attached hydrogen (secondary N) is 1. The lowest BCUT2D eigenvalue weighted by atomic mass is 9.70. The Bertz CT molecular complexity index is 322. The van der Waals surface area contributed by atoms with Gasteiger partial charge in [-0.05, 0) is 30.6 Å². The molecule has 0 heterocycles. The highest BCUT2D eigenvalue weighted by Gasteiger charge is 2.31. The van der Waals surface area contributed by atoms with Crippen LogP contribution in [0.3, 0.4) is 0 Å². The standard InChI is InChI=1S/C12H25NO2S/c1-10-9-12(2,3)6-5-11(10)13-7-8-16(4,14)15/h10-11,13H,5-9H2,1-4H3. The monoisotopic (exact) mass is 247 g/mol. The molecule has 0 aromatic carbocycles. The van der Waals surface area contributed by atoms with Crippen LogP contribution in [0.2, 0.25) is 0 Å². The molecule has 0 spiro atoms. The Morgan fingerprint density at radius 1 is 1.38 bits per heavy atom. The largest absolute Gasteiger partial charge is 0.313 e. The van der Waals surface area contributed by atoms with E-state index < -0.39 is 9.84 Å². The predicted octanol–water partition coefficient (Wildman–Crippen LogP) is 1.84. The molecule has 1 fully saturated rings. The summed E-state index contributed by atoms with van der Waals surface area (Å²) >= 11 is 0. The van der Waals surface area contributed by atoms with Gasteiger partial charge in [0.05, 0.1) is 5.75 Å². The van der Waals surface area contributed by atoms with Crippen molar-refractivity contribution in [2.24, 2.45) is 11.3 Å². The zero-order valence-electron chi connectivity index (χ0n) is 10.9. The Morgan fingerprint density at radius 3 is 2.50 bits per heavy atom. The summed E-state index contributed by atoms with van der Waals surface area (Å²) in [7, 11) is -2.83. The van der Waals surface area contributed by atoms with Crippen molar-refractivity contribution in [3.05, 3.63) is 0 Å². The van der Waals surface area contributed by atoms with E-state index in [0.717, 1.165) is 6.42 Å². The number of rotatable bonds is 4. The first-order chi connectivity index (χ1) is 7.20. The molecule has 0 aromatic rings. The smallest absolute Gasteiger partial charge is 0.148 e. The lowest BCUT2D eigenvalue weighted by Crippen LogP contribution is -2.43. The molecule has 0 saturated heterocycles. The van der Waals surface area contributed by atoms with Crippen molar-refractivity contribution >= 4 is 9.84 Å². The average Bonchev–Trinajstić information content (AvgIpc) is 2.06. The van der Waals surface area contributed by atoms with Crippen molar-refractivity contribution in [1.82, 2.24) is 5.32 Å². The summed E-state index contributed by atoms with van der Waals surface area (Å²) in [6.45, 7) is 7.49. The molecule has 1 N–H and O–H groups in total. The highest BCUT2D eigenvalue weighted by atomic mass is 32.2. The molecule has 2 atom stereocenters. The molecule has 0 aliphatic heterocycles. The van der Waals surface area contributed by atoms with Crippen LogP contribution in [0.5, 0.6) is 0 Å². The zero-order chi connectivity index (χ0) is 12.4. The highest BCUT2D eigenvalue weighted by molar-refractivity contribution is 7.90. The fourth-order valence-electron chi connectivity index (χ4n) is 2.68. The quantitative estimate of drug-likeness (QED) is 0.824. The third kappa shape index (κ3) is 4.83. The summed E-state index contributed by atoms with van der Waals surface area (Å²) in [6.07, 6.45) is 4.91. The van der Waals surface area contributed by atoms with Gasteiger partial charge in [0.15, 0.2) is 0 Å². The maximum atomic E-state index is 11.0. The van der Waals surface area contributed by atoms with E-state index in [1.165, 1.54) is 19.1 Å². The molecule has 96 valence electrons. The van der Waals surface area contributed by atoms with Crippen molar-refractivity contribution < 1.29 is 8.42 Å². The van der Waals surface area contributed by atoms with E-state index in [4.69, 9.17) is 0 Å². The van der Waals surface area contributed by atoms with Crippen LogP contribution in [0.1, 0.15) is 40.0 Å². The first kappa shape index (κ1) is 14.0. The summed E-state index contributed by atoms with van der Waals surface area (Å²) in [5.41, 5.74) is 0.453. The van der Waals surface area contributed by atoms with Gasteiger partial charge in [-0.25, -0.2) is 8.42 Å². The predicted molar refractivity (Wildman–Crippen MR) is 68.3 cm³/mol. The van der Waals surface area contributed by atoms with Crippen LogP contribution < -0.4 is 5.32 Å². The minimum atomic E-state index is -2.83. The third-order valence-corrected chi connectivity index (χ3v) is 4.52. The lowest BCUT2D eigenvalue weighted by molar-refractivity contribution is 0.150. The van der Waals surface area contributed by atoms with Gasteiger partial charge in [0.2, 0.25) is 0 Å². The number of sulfone groups is 1. The molecule has 4 heteroatoms. The maximum absolute atomic E-state index is 11.0. The van der Waals surface area contributed by atoms with Crippen molar-refractivity contribution in [3.8, 4) is 0 Å². The van der Waals surface area contributed by atoms with Crippen LogP contribution in [0.4, 0.5) is 0 Å². The topological polar surface area (TPSA) is 46.2 Å². The van der Waals surface area contributed by atoms with E-state index >= 15 is 0 Å². The van der Waals surface area contributed by atoms with E-state index in [1.54, 1.807) is 0 Å². The van der Waals surface area contributed by atoms with Crippen molar-refractivity contribution in [2.45, 2.75) is 46.1 Å². The van der Waals surface area contributed by atoms with E-state index in [2.05, 4.69) is 26.1 Å². The number of hydrogen-bond acceptors (Lipinski definition) is 3. The van der Waals surface area contributed by atoms with E-state index in [-0.39, 0.29) is 5.75 Å². The summed E-state index contributed by atoms with van der Waals surface area (Å²) < 4.78 is 22.0. The molecular formula is C12H25NO2S. The lowest BCUT2D eigenvalue weighted by Gasteiger charge is -2.39. The van der Waals surface area contributed by atoms with Gasteiger partial charge in [-0.15, -0.1) is 0 Å². The minimum Gasteiger partial charge on any atom is -0.313 e. The second-order valence-corrected chi connectivity index (χ2v) is 8.33. The molecule has 3 nitrogen and oxygen atoms in total. The zero-order valence-corrected chi connectivity index (χ0v) is 11.7.